The Morgan fingerprint density at radius 3 is 2.36 bits per heavy atom. The quantitative estimate of drug-likeness (QED) is 0.279. The molecule has 0 radical (unpaired) electrons. The van der Waals surface area contributed by atoms with E-state index in [1.54, 1.807) is 18.2 Å². The van der Waals surface area contributed by atoms with Crippen molar-refractivity contribution in [2.24, 2.45) is 0 Å². The molecule has 9 heteroatoms. The molecule has 3 aromatic carbocycles. The Bertz CT molecular complexity index is 1240. The highest BCUT2D eigenvalue weighted by molar-refractivity contribution is 9.10. The summed E-state index contributed by atoms with van der Waals surface area (Å²) < 4.78 is 20.7. The van der Waals surface area contributed by atoms with Crippen molar-refractivity contribution in [1.29, 1.82) is 0 Å². The van der Waals surface area contributed by atoms with Gasteiger partial charge in [0.1, 0.15) is 18.1 Å². The van der Waals surface area contributed by atoms with Crippen molar-refractivity contribution >= 4 is 57.1 Å². The van der Waals surface area contributed by atoms with Crippen LogP contribution < -0.4 is 10.1 Å². The van der Waals surface area contributed by atoms with Crippen molar-refractivity contribution in [3.05, 3.63) is 103 Å². The standard InChI is InChI=1S/C24H16BrCl2FN2O3/c25-17-7-5-14(6-8-17)13-33-22-18(26)9-15(10-19(22)27)11-21-23(31)30(24(32)29-21)12-16-3-1-2-4-20(16)28/h1-11H,12-13H2,(H,29,32)/b21-11+. The first-order valence-electron chi connectivity index (χ1n) is 9.76. The van der Waals surface area contributed by atoms with E-state index in [0.717, 1.165) is 14.9 Å². The number of nitrogens with zero attached hydrogens (tertiary/aromatic N) is 1. The zero-order valence-corrected chi connectivity index (χ0v) is 20.0. The molecule has 1 N–H and O–H groups in total. The lowest BCUT2D eigenvalue weighted by Crippen LogP contribution is -2.30. The number of carbonyl (C=O) groups is 2. The number of carbonyl (C=O) groups excluding carboxylic acids is 2. The summed E-state index contributed by atoms with van der Waals surface area (Å²) in [6.07, 6.45) is 1.46. The minimum atomic E-state index is -0.638. The van der Waals surface area contributed by atoms with Crippen molar-refractivity contribution in [1.82, 2.24) is 10.2 Å². The predicted molar refractivity (Wildman–Crippen MR) is 128 cm³/mol. The number of ether oxygens (including phenoxy) is 1. The molecule has 1 heterocycles. The van der Waals surface area contributed by atoms with Crippen LogP contribution in [0, 0.1) is 5.82 Å². The van der Waals surface area contributed by atoms with Crippen LogP contribution in [0.2, 0.25) is 10.0 Å². The van der Waals surface area contributed by atoms with Gasteiger partial charge >= 0.3 is 6.03 Å². The van der Waals surface area contributed by atoms with E-state index in [-0.39, 0.29) is 34.5 Å². The van der Waals surface area contributed by atoms with Gasteiger partial charge in [-0.1, -0.05) is 69.5 Å². The average molecular weight is 550 g/mol. The average Bonchev–Trinajstić information content (AvgIpc) is 3.03. The van der Waals surface area contributed by atoms with Crippen LogP contribution >= 0.6 is 39.1 Å². The SMILES string of the molecule is O=C1N/C(=C/c2cc(Cl)c(OCc3ccc(Br)cc3)c(Cl)c2)C(=O)N1Cc1ccccc1F. The molecule has 0 unspecified atom stereocenters. The second-order valence-corrected chi connectivity index (χ2v) is 8.93. The first kappa shape index (κ1) is 23.3. The lowest BCUT2D eigenvalue weighted by atomic mass is 10.1. The molecule has 0 atom stereocenters. The van der Waals surface area contributed by atoms with Crippen LogP contribution in [0.15, 0.2) is 70.8 Å². The number of rotatable bonds is 6. The van der Waals surface area contributed by atoms with Crippen LogP contribution in [0.25, 0.3) is 6.08 Å². The molecular formula is C24H16BrCl2FN2O3. The highest BCUT2D eigenvalue weighted by Crippen LogP contribution is 2.35. The van der Waals surface area contributed by atoms with E-state index in [1.807, 2.05) is 24.3 Å². The molecule has 1 saturated heterocycles. The summed E-state index contributed by atoms with van der Waals surface area (Å²) in [5.41, 5.74) is 1.70. The topological polar surface area (TPSA) is 58.6 Å². The molecule has 3 aromatic rings. The summed E-state index contributed by atoms with van der Waals surface area (Å²) in [7, 11) is 0. The van der Waals surface area contributed by atoms with Crippen molar-refractivity contribution in [2.75, 3.05) is 0 Å². The summed E-state index contributed by atoms with van der Waals surface area (Å²) in [4.78, 5) is 25.9. The van der Waals surface area contributed by atoms with E-state index in [0.29, 0.717) is 11.3 Å². The van der Waals surface area contributed by atoms with Gasteiger partial charge in [-0.2, -0.15) is 0 Å². The lowest BCUT2D eigenvalue weighted by molar-refractivity contribution is -0.123. The molecular weight excluding hydrogens is 534 g/mol. The maximum absolute atomic E-state index is 13.9. The van der Waals surface area contributed by atoms with E-state index in [1.165, 1.54) is 24.3 Å². The minimum absolute atomic E-state index is 0.0343. The van der Waals surface area contributed by atoms with Gasteiger partial charge in [-0.3, -0.25) is 9.69 Å². The van der Waals surface area contributed by atoms with Crippen molar-refractivity contribution < 1.29 is 18.7 Å². The summed E-state index contributed by atoms with van der Waals surface area (Å²) in [6.45, 7) is 0.0890. The molecule has 4 rings (SSSR count). The molecule has 0 saturated carbocycles. The first-order chi connectivity index (χ1) is 15.8. The van der Waals surface area contributed by atoms with Crippen LogP contribution in [-0.4, -0.2) is 16.8 Å². The van der Waals surface area contributed by atoms with E-state index >= 15 is 0 Å². The zero-order chi connectivity index (χ0) is 23.5. The maximum Gasteiger partial charge on any atom is 0.329 e. The van der Waals surface area contributed by atoms with Gasteiger partial charge < -0.3 is 10.1 Å². The predicted octanol–water partition coefficient (Wildman–Crippen LogP) is 6.57. The third-order valence-electron chi connectivity index (χ3n) is 4.88. The number of amides is 3. The monoisotopic (exact) mass is 548 g/mol. The van der Waals surface area contributed by atoms with Gasteiger partial charge in [0, 0.05) is 10.0 Å². The molecule has 1 aliphatic heterocycles. The van der Waals surface area contributed by atoms with Crippen molar-refractivity contribution in [3.8, 4) is 5.75 Å². The normalized spacial score (nSPS) is 14.7. The third kappa shape index (κ3) is 5.38. The van der Waals surface area contributed by atoms with Gasteiger partial charge in [0.25, 0.3) is 5.91 Å². The fourth-order valence-corrected chi connectivity index (χ4v) is 4.09. The molecule has 33 heavy (non-hydrogen) atoms. The number of nitrogens with one attached hydrogen (secondary N) is 1. The summed E-state index contributed by atoms with van der Waals surface area (Å²) in [6, 6.07) is 16.1. The fraction of sp³-hybridized carbons (Fsp3) is 0.0833. The van der Waals surface area contributed by atoms with Gasteiger partial charge in [0.05, 0.1) is 16.6 Å². The second-order valence-electron chi connectivity index (χ2n) is 7.20. The van der Waals surface area contributed by atoms with E-state index in [2.05, 4.69) is 21.2 Å². The Hall–Kier alpha value is -2.87. The number of hydrogen-bond acceptors (Lipinski definition) is 3. The van der Waals surface area contributed by atoms with E-state index in [9.17, 15) is 14.0 Å². The molecule has 1 fully saturated rings. The largest absolute Gasteiger partial charge is 0.486 e. The van der Waals surface area contributed by atoms with Crippen molar-refractivity contribution in [2.45, 2.75) is 13.2 Å². The number of benzene rings is 3. The van der Waals surface area contributed by atoms with Crippen LogP contribution in [0.1, 0.15) is 16.7 Å². The highest BCUT2D eigenvalue weighted by atomic mass is 79.9. The van der Waals surface area contributed by atoms with Crippen LogP contribution in [0.4, 0.5) is 9.18 Å². The Kier molecular flexibility index (Phi) is 7.02. The number of halogens is 4. The summed E-state index contributed by atoms with van der Waals surface area (Å²) in [5.74, 6) is -0.759. The zero-order valence-electron chi connectivity index (χ0n) is 16.9. The minimum Gasteiger partial charge on any atom is -0.486 e. The number of hydrogen-bond donors (Lipinski definition) is 1. The molecule has 0 spiro atoms. The Labute approximate surface area is 207 Å². The van der Waals surface area contributed by atoms with Gasteiger partial charge in [0.15, 0.2) is 5.75 Å². The molecule has 0 aliphatic carbocycles. The first-order valence-corrected chi connectivity index (χ1v) is 11.3. The maximum atomic E-state index is 13.9. The Morgan fingerprint density at radius 2 is 1.70 bits per heavy atom. The third-order valence-corrected chi connectivity index (χ3v) is 5.97. The number of imide groups is 1. The fourth-order valence-electron chi connectivity index (χ4n) is 3.22. The van der Waals surface area contributed by atoms with Crippen LogP contribution in [-0.2, 0) is 17.9 Å². The van der Waals surface area contributed by atoms with Crippen LogP contribution in [0.3, 0.4) is 0 Å². The highest BCUT2D eigenvalue weighted by Gasteiger charge is 2.34. The smallest absolute Gasteiger partial charge is 0.329 e. The molecule has 1 aliphatic rings. The summed E-state index contributed by atoms with van der Waals surface area (Å²) >= 11 is 16.1. The van der Waals surface area contributed by atoms with Gasteiger partial charge in [-0.25, -0.2) is 9.18 Å². The molecule has 3 amide bonds. The van der Waals surface area contributed by atoms with E-state index < -0.39 is 17.8 Å². The second kappa shape index (κ2) is 9.95. The molecule has 0 aromatic heterocycles. The van der Waals surface area contributed by atoms with Crippen molar-refractivity contribution in [3.63, 3.8) is 0 Å². The summed E-state index contributed by atoms with van der Waals surface area (Å²) in [5, 5.41) is 3.01. The van der Waals surface area contributed by atoms with Gasteiger partial charge in [-0.15, -0.1) is 0 Å². The Morgan fingerprint density at radius 1 is 1.03 bits per heavy atom. The molecule has 5 nitrogen and oxygen atoms in total. The van der Waals surface area contributed by atoms with E-state index in [4.69, 9.17) is 27.9 Å². The van der Waals surface area contributed by atoms with Gasteiger partial charge in [0.2, 0.25) is 0 Å². The molecule has 168 valence electrons. The van der Waals surface area contributed by atoms with Gasteiger partial charge in [-0.05, 0) is 47.5 Å². The lowest BCUT2D eigenvalue weighted by Gasteiger charge is -2.12. The Balaban J connectivity index is 1.50. The van der Waals surface area contributed by atoms with Crippen LogP contribution in [0.5, 0.6) is 5.75 Å². The number of urea groups is 1. The molecule has 0 bridgehead atoms.